The molecule has 0 aromatic heterocycles. The fourth-order valence-electron chi connectivity index (χ4n) is 2.10. The number of hydroxylamine groups is 2. The number of benzene rings is 2. The average molecular weight is 336 g/mol. The molecule has 0 amide bonds. The normalized spacial score (nSPS) is 16.1. The average Bonchev–Trinajstić information content (AvgIpc) is 2.97. The molecular formula is C16H15Cl2N3O. The zero-order chi connectivity index (χ0) is 15.4. The van der Waals surface area contributed by atoms with Gasteiger partial charge in [-0.25, -0.2) is 10.1 Å². The van der Waals surface area contributed by atoms with Crippen LogP contribution in [0.3, 0.4) is 0 Å². The van der Waals surface area contributed by atoms with Crippen LogP contribution >= 0.6 is 23.2 Å². The summed E-state index contributed by atoms with van der Waals surface area (Å²) in [6.07, 6.45) is 0. The van der Waals surface area contributed by atoms with Gasteiger partial charge in [0.15, 0.2) is 0 Å². The van der Waals surface area contributed by atoms with E-state index in [1.54, 1.807) is 23.3 Å². The number of hydrogen-bond acceptors (Lipinski definition) is 2. The van der Waals surface area contributed by atoms with E-state index < -0.39 is 0 Å². The van der Waals surface area contributed by atoms with Crippen molar-refractivity contribution >= 4 is 34.8 Å². The number of nitrogens with zero attached hydrogens (tertiary/aromatic N) is 2. The summed E-state index contributed by atoms with van der Waals surface area (Å²) in [6.45, 7) is 1.99. The number of aliphatic imine (C=N–C) groups is 1. The minimum atomic E-state index is 0.491. The maximum Gasteiger partial charge on any atom is 0.223 e. The maximum absolute atomic E-state index is 6.14. The van der Waals surface area contributed by atoms with Gasteiger partial charge in [0.05, 0.1) is 17.3 Å². The third kappa shape index (κ3) is 3.71. The zero-order valence-electron chi connectivity index (χ0n) is 11.8. The van der Waals surface area contributed by atoms with Crippen LogP contribution in [0.5, 0.6) is 0 Å². The Morgan fingerprint density at radius 2 is 1.95 bits per heavy atom. The van der Waals surface area contributed by atoms with E-state index >= 15 is 0 Å². The lowest BCUT2D eigenvalue weighted by molar-refractivity contribution is -0.102. The van der Waals surface area contributed by atoms with E-state index in [0.29, 0.717) is 28.3 Å². The number of nitrogens with one attached hydrogen (secondary N) is 1. The van der Waals surface area contributed by atoms with Gasteiger partial charge < -0.3 is 5.32 Å². The van der Waals surface area contributed by atoms with Crippen LogP contribution in [0.15, 0.2) is 53.5 Å². The highest BCUT2D eigenvalue weighted by atomic mass is 35.5. The maximum atomic E-state index is 6.14. The van der Waals surface area contributed by atoms with E-state index in [4.69, 9.17) is 28.0 Å². The Morgan fingerprint density at radius 1 is 1.14 bits per heavy atom. The van der Waals surface area contributed by atoms with Crippen LogP contribution in [0.2, 0.25) is 10.0 Å². The van der Waals surface area contributed by atoms with Gasteiger partial charge in [0.1, 0.15) is 6.61 Å². The molecule has 4 nitrogen and oxygen atoms in total. The summed E-state index contributed by atoms with van der Waals surface area (Å²) in [5.41, 5.74) is 1.72. The molecule has 2 aromatic carbocycles. The van der Waals surface area contributed by atoms with Gasteiger partial charge in [-0.05, 0) is 23.8 Å². The predicted molar refractivity (Wildman–Crippen MR) is 89.5 cm³/mol. The molecule has 3 rings (SSSR count). The van der Waals surface area contributed by atoms with Crippen molar-refractivity contribution in [1.29, 1.82) is 0 Å². The van der Waals surface area contributed by atoms with Crippen molar-refractivity contribution in [3.8, 4) is 0 Å². The summed E-state index contributed by atoms with van der Waals surface area (Å²) in [7, 11) is 0. The van der Waals surface area contributed by atoms with Crippen molar-refractivity contribution in [2.45, 2.75) is 6.61 Å². The van der Waals surface area contributed by atoms with Crippen LogP contribution in [0.25, 0.3) is 0 Å². The van der Waals surface area contributed by atoms with Crippen molar-refractivity contribution in [3.05, 3.63) is 64.1 Å². The number of rotatable bonds is 4. The fraction of sp³-hybridized carbons (Fsp3) is 0.188. The topological polar surface area (TPSA) is 36.9 Å². The number of hydrogen-bond donors (Lipinski definition) is 1. The second-order valence-electron chi connectivity index (χ2n) is 4.82. The Morgan fingerprint density at radius 3 is 2.77 bits per heavy atom. The van der Waals surface area contributed by atoms with Crippen LogP contribution in [0.4, 0.5) is 5.69 Å². The SMILES string of the molecule is Clc1ccc(Cl)c(/N=C2\NCCN2OCc2ccccc2)c1. The van der Waals surface area contributed by atoms with Crippen LogP contribution in [-0.4, -0.2) is 24.1 Å². The highest BCUT2D eigenvalue weighted by Gasteiger charge is 2.19. The van der Waals surface area contributed by atoms with E-state index in [2.05, 4.69) is 10.3 Å². The summed E-state index contributed by atoms with van der Waals surface area (Å²) >= 11 is 12.1. The van der Waals surface area contributed by atoms with Crippen molar-refractivity contribution in [3.63, 3.8) is 0 Å². The minimum Gasteiger partial charge on any atom is -0.352 e. The molecule has 1 fully saturated rings. The Bertz CT molecular complexity index is 676. The standard InChI is InChI=1S/C16H15Cl2N3O/c17-13-6-7-14(18)15(10-13)20-16-19-8-9-21(16)22-11-12-4-2-1-3-5-12/h1-7,10H,8-9,11H2,(H,19,20). The summed E-state index contributed by atoms with van der Waals surface area (Å²) in [5.74, 6) is 0.639. The highest BCUT2D eigenvalue weighted by Crippen LogP contribution is 2.28. The van der Waals surface area contributed by atoms with Gasteiger partial charge in [0.2, 0.25) is 5.96 Å². The number of halogens is 2. The quantitative estimate of drug-likeness (QED) is 0.916. The molecule has 0 bridgehead atoms. The first kappa shape index (κ1) is 15.2. The van der Waals surface area contributed by atoms with Gasteiger partial charge >= 0.3 is 0 Å². The molecule has 0 atom stereocenters. The Balaban J connectivity index is 1.72. The molecule has 0 saturated carbocycles. The van der Waals surface area contributed by atoms with E-state index in [9.17, 15) is 0 Å². The van der Waals surface area contributed by atoms with Crippen molar-refractivity contribution in [2.24, 2.45) is 4.99 Å². The summed E-state index contributed by atoms with van der Waals surface area (Å²) in [6, 6.07) is 15.2. The van der Waals surface area contributed by atoms with E-state index in [-0.39, 0.29) is 0 Å². The zero-order valence-corrected chi connectivity index (χ0v) is 13.3. The fourth-order valence-corrected chi connectivity index (χ4v) is 2.42. The molecule has 22 heavy (non-hydrogen) atoms. The third-order valence-electron chi connectivity index (χ3n) is 3.20. The van der Waals surface area contributed by atoms with Gasteiger partial charge in [-0.1, -0.05) is 53.5 Å². The largest absolute Gasteiger partial charge is 0.352 e. The molecule has 1 aliphatic heterocycles. The van der Waals surface area contributed by atoms with E-state index in [0.717, 1.165) is 18.7 Å². The van der Waals surface area contributed by atoms with Crippen LogP contribution < -0.4 is 5.32 Å². The Hall–Kier alpha value is -1.75. The summed E-state index contributed by atoms with van der Waals surface area (Å²) in [5, 5.41) is 6.07. The van der Waals surface area contributed by atoms with Crippen LogP contribution in [-0.2, 0) is 11.4 Å². The third-order valence-corrected chi connectivity index (χ3v) is 3.75. The van der Waals surface area contributed by atoms with Gasteiger partial charge in [-0.2, -0.15) is 0 Å². The second-order valence-corrected chi connectivity index (χ2v) is 5.66. The van der Waals surface area contributed by atoms with E-state index in [1.165, 1.54) is 0 Å². The summed E-state index contributed by atoms with van der Waals surface area (Å²) in [4.78, 5) is 10.3. The highest BCUT2D eigenvalue weighted by molar-refractivity contribution is 6.35. The molecular weight excluding hydrogens is 321 g/mol. The van der Waals surface area contributed by atoms with Gasteiger partial charge in [0.25, 0.3) is 0 Å². The Labute approximate surface area is 139 Å². The molecule has 114 valence electrons. The second kappa shape index (κ2) is 7.01. The lowest BCUT2D eigenvalue weighted by Crippen LogP contribution is -2.30. The van der Waals surface area contributed by atoms with E-state index in [1.807, 2.05) is 30.3 Å². The molecule has 2 aromatic rings. The molecule has 0 radical (unpaired) electrons. The minimum absolute atomic E-state index is 0.491. The Kier molecular flexibility index (Phi) is 4.83. The molecule has 0 unspecified atom stereocenters. The first-order chi connectivity index (χ1) is 10.7. The van der Waals surface area contributed by atoms with Crippen molar-refractivity contribution in [2.75, 3.05) is 13.1 Å². The lowest BCUT2D eigenvalue weighted by Gasteiger charge is -2.17. The predicted octanol–water partition coefficient (Wildman–Crippen LogP) is 4.02. The van der Waals surface area contributed by atoms with Gasteiger partial charge in [-0.15, -0.1) is 0 Å². The smallest absolute Gasteiger partial charge is 0.223 e. The van der Waals surface area contributed by atoms with Crippen LogP contribution in [0, 0.1) is 0 Å². The number of guanidine groups is 1. The van der Waals surface area contributed by atoms with Crippen molar-refractivity contribution < 1.29 is 4.84 Å². The molecule has 0 aliphatic carbocycles. The van der Waals surface area contributed by atoms with Gasteiger partial charge in [0, 0.05) is 11.6 Å². The molecule has 1 heterocycles. The molecule has 1 N–H and O–H groups in total. The lowest BCUT2D eigenvalue weighted by atomic mass is 10.2. The molecule has 0 spiro atoms. The monoisotopic (exact) mass is 335 g/mol. The molecule has 1 aliphatic rings. The first-order valence-electron chi connectivity index (χ1n) is 6.94. The molecule has 6 heteroatoms. The van der Waals surface area contributed by atoms with Gasteiger partial charge in [-0.3, -0.25) is 4.84 Å². The van der Waals surface area contributed by atoms with Crippen molar-refractivity contribution in [1.82, 2.24) is 10.4 Å². The first-order valence-corrected chi connectivity index (χ1v) is 7.70. The summed E-state index contributed by atoms with van der Waals surface area (Å²) < 4.78 is 0. The molecule has 1 saturated heterocycles. The van der Waals surface area contributed by atoms with Crippen LogP contribution in [0.1, 0.15) is 5.56 Å².